The van der Waals surface area contributed by atoms with Gasteiger partial charge in [-0.2, -0.15) is 9.61 Å². The van der Waals surface area contributed by atoms with Gasteiger partial charge in [0.05, 0.1) is 11.4 Å². The van der Waals surface area contributed by atoms with Crippen LogP contribution in [0.2, 0.25) is 0 Å². The normalized spacial score (nSPS) is 14.1. The van der Waals surface area contributed by atoms with Gasteiger partial charge in [0, 0.05) is 43.8 Å². The number of amides is 1. The Morgan fingerprint density at radius 3 is 2.69 bits per heavy atom. The lowest BCUT2D eigenvalue weighted by molar-refractivity contribution is -0.129. The molecule has 1 aliphatic rings. The number of fused-ring (bicyclic) bond motifs is 1. The summed E-state index contributed by atoms with van der Waals surface area (Å²) >= 11 is 0. The van der Waals surface area contributed by atoms with Gasteiger partial charge in [-0.25, -0.2) is 4.98 Å². The van der Waals surface area contributed by atoms with Gasteiger partial charge in [-0.15, -0.1) is 0 Å². The quantitative estimate of drug-likeness (QED) is 0.769. The second-order valence-electron chi connectivity index (χ2n) is 6.71. The number of aryl methyl sites for hydroxylation is 1. The number of aromatic nitrogens is 3. The number of hydrogen-bond acceptors (Lipinski definition) is 4. The van der Waals surface area contributed by atoms with Crippen molar-refractivity contribution in [2.45, 2.75) is 26.2 Å². The summed E-state index contributed by atoms with van der Waals surface area (Å²) in [5, 5.41) is 7.90. The van der Waals surface area contributed by atoms with Gasteiger partial charge in [0.2, 0.25) is 5.91 Å². The lowest BCUT2D eigenvalue weighted by Crippen LogP contribution is -2.29. The molecule has 2 aromatic heterocycles. The fourth-order valence-electron chi connectivity index (χ4n) is 3.39. The fraction of sp³-hybridized carbons (Fsp3) is 0.350. The van der Waals surface area contributed by atoms with E-state index in [9.17, 15) is 4.79 Å². The maximum atomic E-state index is 12.2. The minimum absolute atomic E-state index is 0.222. The molecule has 0 atom stereocenters. The molecule has 0 saturated carbocycles. The first-order chi connectivity index (χ1) is 12.7. The van der Waals surface area contributed by atoms with Gasteiger partial charge in [-0.3, -0.25) is 4.79 Å². The Balaban J connectivity index is 1.56. The number of benzene rings is 1. The highest BCUT2D eigenvalue weighted by Crippen LogP contribution is 2.22. The molecule has 3 aromatic rings. The molecule has 0 aliphatic carbocycles. The molecule has 0 spiro atoms. The molecule has 4 rings (SSSR count). The summed E-state index contributed by atoms with van der Waals surface area (Å²) in [6.07, 6.45) is 2.74. The lowest BCUT2D eigenvalue weighted by atomic mass is 10.1. The Morgan fingerprint density at radius 1 is 1.15 bits per heavy atom. The fourth-order valence-corrected chi connectivity index (χ4v) is 3.39. The number of hydrogen-bond donors (Lipinski definition) is 1. The van der Waals surface area contributed by atoms with E-state index >= 15 is 0 Å². The molecule has 0 radical (unpaired) electrons. The average molecular weight is 349 g/mol. The first kappa shape index (κ1) is 16.6. The van der Waals surface area contributed by atoms with Crippen LogP contribution in [0.3, 0.4) is 0 Å². The van der Waals surface area contributed by atoms with E-state index in [0.29, 0.717) is 13.0 Å². The van der Waals surface area contributed by atoms with E-state index in [1.54, 1.807) is 0 Å². The Morgan fingerprint density at radius 2 is 1.92 bits per heavy atom. The molecular formula is C20H23N5O. The first-order valence-electron chi connectivity index (χ1n) is 9.15. The molecule has 6 heteroatoms. The summed E-state index contributed by atoms with van der Waals surface area (Å²) in [6, 6.07) is 14.1. The van der Waals surface area contributed by atoms with Crippen molar-refractivity contribution in [3.63, 3.8) is 0 Å². The molecule has 1 aromatic carbocycles. The summed E-state index contributed by atoms with van der Waals surface area (Å²) in [7, 11) is 0. The van der Waals surface area contributed by atoms with E-state index in [0.717, 1.165) is 54.3 Å². The molecular weight excluding hydrogens is 326 g/mol. The summed E-state index contributed by atoms with van der Waals surface area (Å²) in [5.41, 5.74) is 3.67. The first-order valence-corrected chi connectivity index (χ1v) is 9.15. The Hall–Kier alpha value is -2.89. The van der Waals surface area contributed by atoms with Crippen LogP contribution < -0.4 is 5.32 Å². The summed E-state index contributed by atoms with van der Waals surface area (Å²) in [5.74, 6) is 1.08. The number of nitrogens with one attached hydrogen (secondary N) is 1. The van der Waals surface area contributed by atoms with Crippen molar-refractivity contribution in [3.05, 3.63) is 48.2 Å². The molecule has 1 fully saturated rings. The van der Waals surface area contributed by atoms with Crippen molar-refractivity contribution in [1.82, 2.24) is 19.5 Å². The van der Waals surface area contributed by atoms with E-state index in [-0.39, 0.29) is 5.91 Å². The molecule has 3 heterocycles. The van der Waals surface area contributed by atoms with E-state index in [4.69, 9.17) is 4.98 Å². The molecule has 0 unspecified atom stereocenters. The summed E-state index contributed by atoms with van der Waals surface area (Å²) in [4.78, 5) is 18.9. The monoisotopic (exact) mass is 349 g/mol. The maximum absolute atomic E-state index is 12.2. The third-order valence-electron chi connectivity index (χ3n) is 4.72. The van der Waals surface area contributed by atoms with Crippen LogP contribution in [-0.2, 0) is 4.79 Å². The number of nitrogens with zero attached hydrogens (tertiary/aromatic N) is 4. The second-order valence-corrected chi connectivity index (χ2v) is 6.71. The van der Waals surface area contributed by atoms with Gasteiger partial charge in [0.25, 0.3) is 0 Å². The largest absolute Gasteiger partial charge is 0.369 e. The molecule has 26 heavy (non-hydrogen) atoms. The van der Waals surface area contributed by atoms with Crippen molar-refractivity contribution >= 4 is 17.4 Å². The highest BCUT2D eigenvalue weighted by molar-refractivity contribution is 5.77. The van der Waals surface area contributed by atoms with Gasteiger partial charge >= 0.3 is 0 Å². The predicted octanol–water partition coefficient (Wildman–Crippen LogP) is 3.13. The minimum atomic E-state index is 0.222. The van der Waals surface area contributed by atoms with Gasteiger partial charge < -0.3 is 10.2 Å². The van der Waals surface area contributed by atoms with Gasteiger partial charge in [0.15, 0.2) is 5.65 Å². The zero-order valence-electron chi connectivity index (χ0n) is 15.0. The molecule has 6 nitrogen and oxygen atoms in total. The predicted molar refractivity (Wildman–Crippen MR) is 102 cm³/mol. The van der Waals surface area contributed by atoms with E-state index in [1.165, 1.54) is 0 Å². The Kier molecular flexibility index (Phi) is 4.56. The van der Waals surface area contributed by atoms with Crippen molar-refractivity contribution in [3.8, 4) is 11.3 Å². The van der Waals surface area contributed by atoms with E-state index < -0.39 is 0 Å². The third kappa shape index (κ3) is 3.40. The number of likely N-dealkylation sites (tertiary alicyclic amines) is 1. The Bertz CT molecular complexity index is 913. The topological polar surface area (TPSA) is 62.5 Å². The van der Waals surface area contributed by atoms with Crippen LogP contribution in [0.25, 0.3) is 16.9 Å². The van der Waals surface area contributed by atoms with E-state index in [2.05, 4.69) is 10.4 Å². The van der Waals surface area contributed by atoms with Crippen LogP contribution in [0.4, 0.5) is 5.82 Å². The zero-order valence-corrected chi connectivity index (χ0v) is 15.0. The van der Waals surface area contributed by atoms with Crippen LogP contribution in [0.1, 0.15) is 25.0 Å². The van der Waals surface area contributed by atoms with Crippen molar-refractivity contribution in [2.75, 3.05) is 25.0 Å². The number of carbonyl (C=O) groups is 1. The standard InChI is InChI=1S/C20H23N5O/c1-15-13-19-22-17(16-7-3-2-4-8-16)14-18(25(19)23-15)21-10-9-20(26)24-11-5-6-12-24/h2-4,7-8,13-14,21H,5-6,9-12H2,1H3. The average Bonchev–Trinajstić information content (AvgIpc) is 3.31. The van der Waals surface area contributed by atoms with Crippen molar-refractivity contribution < 1.29 is 4.79 Å². The number of rotatable bonds is 5. The zero-order chi connectivity index (χ0) is 17.9. The summed E-state index contributed by atoms with van der Waals surface area (Å²) in [6.45, 7) is 4.34. The summed E-state index contributed by atoms with van der Waals surface area (Å²) < 4.78 is 1.81. The number of carbonyl (C=O) groups excluding carboxylic acids is 1. The highest BCUT2D eigenvalue weighted by atomic mass is 16.2. The minimum Gasteiger partial charge on any atom is -0.369 e. The Labute approximate surface area is 152 Å². The smallest absolute Gasteiger partial charge is 0.224 e. The molecule has 1 saturated heterocycles. The maximum Gasteiger partial charge on any atom is 0.224 e. The van der Waals surface area contributed by atoms with Crippen LogP contribution >= 0.6 is 0 Å². The molecule has 0 bridgehead atoms. The van der Waals surface area contributed by atoms with Crippen LogP contribution in [0.15, 0.2) is 42.5 Å². The van der Waals surface area contributed by atoms with Crippen LogP contribution in [-0.4, -0.2) is 45.0 Å². The lowest BCUT2D eigenvalue weighted by Gasteiger charge is -2.16. The molecule has 134 valence electrons. The molecule has 1 aliphatic heterocycles. The van der Waals surface area contributed by atoms with Gasteiger partial charge in [-0.1, -0.05) is 30.3 Å². The van der Waals surface area contributed by atoms with Gasteiger partial charge in [0.1, 0.15) is 5.82 Å². The third-order valence-corrected chi connectivity index (χ3v) is 4.72. The van der Waals surface area contributed by atoms with Crippen molar-refractivity contribution in [1.29, 1.82) is 0 Å². The second kappa shape index (κ2) is 7.15. The highest BCUT2D eigenvalue weighted by Gasteiger charge is 2.17. The molecule has 1 amide bonds. The van der Waals surface area contributed by atoms with Crippen LogP contribution in [0, 0.1) is 6.92 Å². The van der Waals surface area contributed by atoms with Crippen LogP contribution in [0.5, 0.6) is 0 Å². The number of anilines is 1. The molecule has 1 N–H and O–H groups in total. The van der Waals surface area contributed by atoms with Crippen molar-refractivity contribution in [2.24, 2.45) is 0 Å². The SMILES string of the molecule is Cc1cc2nc(-c3ccccc3)cc(NCCC(=O)N3CCCC3)n2n1. The van der Waals surface area contributed by atoms with Gasteiger partial charge in [-0.05, 0) is 19.8 Å². The van der Waals surface area contributed by atoms with E-state index in [1.807, 2.05) is 58.8 Å².